The topological polar surface area (TPSA) is 46.2 Å². The molecule has 1 N–H and O–H groups in total. The van der Waals surface area contributed by atoms with Gasteiger partial charge in [-0.25, -0.2) is 13.1 Å². The van der Waals surface area contributed by atoms with Gasteiger partial charge in [-0.1, -0.05) is 61.9 Å². The third-order valence-corrected chi connectivity index (χ3v) is 4.90. The monoisotopic (exact) mass is 303 g/mol. The van der Waals surface area contributed by atoms with Gasteiger partial charge in [0.05, 0.1) is 4.90 Å². The Morgan fingerprint density at radius 3 is 2.00 bits per heavy atom. The lowest BCUT2D eigenvalue weighted by molar-refractivity contribution is 0.463. The minimum Gasteiger partial charge on any atom is -0.207 e. The molecule has 0 saturated heterocycles. The molecule has 21 heavy (non-hydrogen) atoms. The standard InChI is InChI=1S/C17H21NO2S/c1-13(2)17(15-7-5-4-6-8-15)18-21(19,20)16-11-9-14(3)10-12-16/h4-13,17-18H,1-3H3/t17-/m1/s1. The third kappa shape index (κ3) is 3.93. The van der Waals surface area contributed by atoms with Crippen molar-refractivity contribution in [3.63, 3.8) is 0 Å². The first kappa shape index (κ1) is 15.7. The minimum atomic E-state index is -3.52. The summed E-state index contributed by atoms with van der Waals surface area (Å²) in [6.45, 7) is 5.95. The van der Waals surface area contributed by atoms with E-state index in [2.05, 4.69) is 4.72 Å². The van der Waals surface area contributed by atoms with Crippen LogP contribution in [0.25, 0.3) is 0 Å². The molecular weight excluding hydrogens is 282 g/mol. The van der Waals surface area contributed by atoms with Gasteiger partial charge in [0.25, 0.3) is 0 Å². The fourth-order valence-corrected chi connectivity index (χ4v) is 3.58. The second-order valence-corrected chi connectivity index (χ2v) is 7.28. The Kier molecular flexibility index (Phi) is 4.80. The predicted molar refractivity (Wildman–Crippen MR) is 85.5 cm³/mol. The summed E-state index contributed by atoms with van der Waals surface area (Å²) in [5, 5.41) is 0. The van der Waals surface area contributed by atoms with Crippen LogP contribution in [0.4, 0.5) is 0 Å². The summed E-state index contributed by atoms with van der Waals surface area (Å²) in [5.74, 6) is 0.160. The SMILES string of the molecule is Cc1ccc(S(=O)(=O)N[C@@H](c2ccccc2)C(C)C)cc1. The van der Waals surface area contributed by atoms with Crippen molar-refractivity contribution in [2.24, 2.45) is 5.92 Å². The normalized spacial score (nSPS) is 13.3. The largest absolute Gasteiger partial charge is 0.241 e. The first-order chi connectivity index (χ1) is 9.90. The van der Waals surface area contributed by atoms with Crippen molar-refractivity contribution < 1.29 is 8.42 Å². The molecule has 0 aliphatic rings. The molecule has 0 bridgehead atoms. The summed E-state index contributed by atoms with van der Waals surface area (Å²) in [6, 6.07) is 16.3. The van der Waals surface area contributed by atoms with Crippen LogP contribution in [0.3, 0.4) is 0 Å². The highest BCUT2D eigenvalue weighted by molar-refractivity contribution is 7.89. The summed E-state index contributed by atoms with van der Waals surface area (Å²) in [7, 11) is -3.52. The molecule has 0 aliphatic heterocycles. The summed E-state index contributed by atoms with van der Waals surface area (Å²) < 4.78 is 27.9. The Labute approximate surface area is 127 Å². The van der Waals surface area contributed by atoms with Crippen molar-refractivity contribution in [2.75, 3.05) is 0 Å². The van der Waals surface area contributed by atoms with Crippen molar-refractivity contribution in [2.45, 2.75) is 31.7 Å². The summed E-state index contributed by atoms with van der Waals surface area (Å²) in [5.41, 5.74) is 2.01. The van der Waals surface area contributed by atoms with Crippen LogP contribution in [0, 0.1) is 12.8 Å². The average Bonchev–Trinajstić information content (AvgIpc) is 2.46. The number of rotatable bonds is 5. The molecule has 0 spiro atoms. The fourth-order valence-electron chi connectivity index (χ4n) is 2.20. The molecular formula is C17H21NO2S. The molecule has 3 nitrogen and oxygen atoms in total. The van der Waals surface area contributed by atoms with Crippen molar-refractivity contribution in [1.29, 1.82) is 0 Å². The molecule has 0 fully saturated rings. The number of hydrogen-bond donors (Lipinski definition) is 1. The van der Waals surface area contributed by atoms with Crippen molar-refractivity contribution in [3.05, 3.63) is 65.7 Å². The lowest BCUT2D eigenvalue weighted by Crippen LogP contribution is -2.31. The number of benzene rings is 2. The first-order valence-electron chi connectivity index (χ1n) is 7.04. The molecule has 0 radical (unpaired) electrons. The Hall–Kier alpha value is -1.65. The summed E-state index contributed by atoms with van der Waals surface area (Å²) in [4.78, 5) is 0.301. The minimum absolute atomic E-state index is 0.160. The zero-order valence-corrected chi connectivity index (χ0v) is 13.4. The van der Waals surface area contributed by atoms with Gasteiger partial charge >= 0.3 is 0 Å². The fraction of sp³-hybridized carbons (Fsp3) is 0.294. The van der Waals surface area contributed by atoms with E-state index >= 15 is 0 Å². The van der Waals surface area contributed by atoms with E-state index in [9.17, 15) is 8.42 Å². The van der Waals surface area contributed by atoms with Crippen molar-refractivity contribution in [3.8, 4) is 0 Å². The first-order valence-corrected chi connectivity index (χ1v) is 8.52. The highest BCUT2D eigenvalue weighted by Gasteiger charge is 2.23. The van der Waals surface area contributed by atoms with Crippen LogP contribution in [0.5, 0.6) is 0 Å². The second-order valence-electron chi connectivity index (χ2n) is 5.57. The average molecular weight is 303 g/mol. The van der Waals surface area contributed by atoms with Gasteiger partial charge in [0.15, 0.2) is 0 Å². The lowest BCUT2D eigenvalue weighted by atomic mass is 9.97. The van der Waals surface area contributed by atoms with E-state index in [-0.39, 0.29) is 12.0 Å². The molecule has 2 aromatic carbocycles. The number of nitrogens with one attached hydrogen (secondary N) is 1. The maximum absolute atomic E-state index is 12.5. The zero-order chi connectivity index (χ0) is 15.5. The highest BCUT2D eigenvalue weighted by Crippen LogP contribution is 2.24. The number of aryl methyl sites for hydroxylation is 1. The van der Waals surface area contributed by atoms with E-state index in [4.69, 9.17) is 0 Å². The van der Waals surface area contributed by atoms with E-state index in [0.29, 0.717) is 4.90 Å². The van der Waals surface area contributed by atoms with Crippen LogP contribution in [0.15, 0.2) is 59.5 Å². The summed E-state index contributed by atoms with van der Waals surface area (Å²) in [6.07, 6.45) is 0. The number of sulfonamides is 1. The van der Waals surface area contributed by atoms with Gasteiger partial charge in [-0.3, -0.25) is 0 Å². The van der Waals surface area contributed by atoms with Crippen LogP contribution < -0.4 is 4.72 Å². The van der Waals surface area contributed by atoms with Crippen LogP contribution in [0.2, 0.25) is 0 Å². The molecule has 2 rings (SSSR count). The lowest BCUT2D eigenvalue weighted by Gasteiger charge is -2.22. The maximum Gasteiger partial charge on any atom is 0.241 e. The van der Waals surface area contributed by atoms with E-state index in [1.165, 1.54) is 0 Å². The van der Waals surface area contributed by atoms with Crippen LogP contribution >= 0.6 is 0 Å². The molecule has 4 heteroatoms. The molecule has 1 atom stereocenters. The second kappa shape index (κ2) is 6.41. The zero-order valence-electron chi connectivity index (χ0n) is 12.6. The molecule has 0 amide bonds. The smallest absolute Gasteiger partial charge is 0.207 e. The Balaban J connectivity index is 2.30. The molecule has 0 aliphatic carbocycles. The predicted octanol–water partition coefficient (Wildman–Crippen LogP) is 3.67. The van der Waals surface area contributed by atoms with Gasteiger partial charge in [0.1, 0.15) is 0 Å². The van der Waals surface area contributed by atoms with Crippen molar-refractivity contribution in [1.82, 2.24) is 4.72 Å². The molecule has 0 aromatic heterocycles. The quantitative estimate of drug-likeness (QED) is 0.916. The van der Waals surface area contributed by atoms with E-state index < -0.39 is 10.0 Å². The Bertz CT molecular complexity index is 676. The summed E-state index contributed by atoms with van der Waals surface area (Å²) >= 11 is 0. The highest BCUT2D eigenvalue weighted by atomic mass is 32.2. The van der Waals surface area contributed by atoms with Gasteiger partial charge in [-0.2, -0.15) is 0 Å². The van der Waals surface area contributed by atoms with Crippen molar-refractivity contribution >= 4 is 10.0 Å². The van der Waals surface area contributed by atoms with Gasteiger partial charge in [0.2, 0.25) is 10.0 Å². The molecule has 112 valence electrons. The van der Waals surface area contributed by atoms with Crippen LogP contribution in [0.1, 0.15) is 31.0 Å². The maximum atomic E-state index is 12.5. The Morgan fingerprint density at radius 1 is 0.905 bits per heavy atom. The van der Waals surface area contributed by atoms with E-state index in [1.54, 1.807) is 12.1 Å². The molecule has 0 heterocycles. The van der Waals surface area contributed by atoms with E-state index in [1.807, 2.05) is 63.2 Å². The van der Waals surface area contributed by atoms with Crippen LogP contribution in [-0.4, -0.2) is 8.42 Å². The van der Waals surface area contributed by atoms with E-state index in [0.717, 1.165) is 11.1 Å². The van der Waals surface area contributed by atoms with Gasteiger partial charge in [-0.15, -0.1) is 0 Å². The molecule has 2 aromatic rings. The van der Waals surface area contributed by atoms with Gasteiger partial charge < -0.3 is 0 Å². The Morgan fingerprint density at radius 2 is 1.48 bits per heavy atom. The third-order valence-electron chi connectivity index (χ3n) is 3.44. The van der Waals surface area contributed by atoms with Gasteiger partial charge in [0, 0.05) is 6.04 Å². The molecule has 0 saturated carbocycles. The number of hydrogen-bond acceptors (Lipinski definition) is 2. The van der Waals surface area contributed by atoms with Gasteiger partial charge in [-0.05, 0) is 30.5 Å². The van der Waals surface area contributed by atoms with Crippen LogP contribution in [-0.2, 0) is 10.0 Å². The molecule has 0 unspecified atom stereocenters.